The molecule has 1 aliphatic heterocycles. The quantitative estimate of drug-likeness (QED) is 0.845. The number of hydrogen-bond donors (Lipinski definition) is 2. The molecule has 5 heteroatoms. The van der Waals surface area contributed by atoms with Gasteiger partial charge in [0.25, 0.3) is 5.91 Å². The Morgan fingerprint density at radius 3 is 3.00 bits per heavy atom. The lowest BCUT2D eigenvalue weighted by Gasteiger charge is -2.16. The minimum absolute atomic E-state index is 0.0253. The molecule has 1 atom stereocenters. The lowest BCUT2D eigenvalue weighted by Crippen LogP contribution is -2.41. The van der Waals surface area contributed by atoms with Crippen molar-refractivity contribution < 1.29 is 13.6 Å². The smallest absolute Gasteiger partial charge is 0.254 e. The fourth-order valence-corrected chi connectivity index (χ4v) is 2.08. The molecule has 0 aliphatic carbocycles. The van der Waals surface area contributed by atoms with Crippen LogP contribution in [0.2, 0.25) is 0 Å². The Labute approximate surface area is 105 Å². The number of hydrogen-bond acceptors (Lipinski definition) is 2. The SMILES string of the molecule is O=C(NC1CCCCNC1)c1cc(F)ccc1F. The van der Waals surface area contributed by atoms with Gasteiger partial charge in [0.15, 0.2) is 0 Å². The van der Waals surface area contributed by atoms with Gasteiger partial charge in [0.05, 0.1) is 5.56 Å². The minimum Gasteiger partial charge on any atom is -0.348 e. The molecular formula is C13H16F2N2O. The molecule has 3 nitrogen and oxygen atoms in total. The molecule has 0 saturated carbocycles. The van der Waals surface area contributed by atoms with Crippen LogP contribution in [0.1, 0.15) is 29.6 Å². The van der Waals surface area contributed by atoms with Crippen molar-refractivity contribution in [1.82, 2.24) is 10.6 Å². The molecule has 1 fully saturated rings. The molecule has 0 aromatic heterocycles. The Bertz CT molecular complexity index is 429. The average Bonchev–Trinajstić information content (AvgIpc) is 2.61. The summed E-state index contributed by atoms with van der Waals surface area (Å²) in [7, 11) is 0. The van der Waals surface area contributed by atoms with Gasteiger partial charge in [-0.15, -0.1) is 0 Å². The molecule has 98 valence electrons. The molecule has 0 bridgehead atoms. The second kappa shape index (κ2) is 5.91. The van der Waals surface area contributed by atoms with Crippen LogP contribution in [0.4, 0.5) is 8.78 Å². The fraction of sp³-hybridized carbons (Fsp3) is 0.462. The van der Waals surface area contributed by atoms with E-state index in [0.29, 0.717) is 6.54 Å². The first-order chi connectivity index (χ1) is 8.66. The lowest BCUT2D eigenvalue weighted by molar-refractivity contribution is 0.0931. The Morgan fingerprint density at radius 1 is 1.33 bits per heavy atom. The van der Waals surface area contributed by atoms with Gasteiger partial charge in [0.2, 0.25) is 0 Å². The van der Waals surface area contributed by atoms with Crippen LogP contribution in [0, 0.1) is 11.6 Å². The molecule has 1 unspecified atom stereocenters. The standard InChI is InChI=1S/C13H16F2N2O/c14-9-4-5-12(15)11(7-9)13(18)17-10-3-1-2-6-16-8-10/h4-5,7,10,16H,1-3,6,8H2,(H,17,18). The number of nitrogens with one attached hydrogen (secondary N) is 2. The normalized spacial score (nSPS) is 20.2. The number of benzene rings is 1. The summed E-state index contributed by atoms with van der Waals surface area (Å²) in [6.07, 6.45) is 2.94. The van der Waals surface area contributed by atoms with Gasteiger partial charge in [-0.2, -0.15) is 0 Å². The Hall–Kier alpha value is -1.49. The Morgan fingerprint density at radius 2 is 2.17 bits per heavy atom. The summed E-state index contributed by atoms with van der Waals surface area (Å²) in [5, 5.41) is 5.93. The molecular weight excluding hydrogens is 238 g/mol. The molecule has 0 spiro atoms. The largest absolute Gasteiger partial charge is 0.348 e. The van der Waals surface area contributed by atoms with Crippen molar-refractivity contribution in [2.75, 3.05) is 13.1 Å². The second-order valence-electron chi connectivity index (χ2n) is 4.49. The summed E-state index contributed by atoms with van der Waals surface area (Å²) >= 11 is 0. The first-order valence-electron chi connectivity index (χ1n) is 6.13. The minimum atomic E-state index is -0.699. The van der Waals surface area contributed by atoms with Crippen molar-refractivity contribution in [1.29, 1.82) is 0 Å². The second-order valence-corrected chi connectivity index (χ2v) is 4.49. The number of amides is 1. The van der Waals surface area contributed by atoms with E-state index in [9.17, 15) is 13.6 Å². The van der Waals surface area contributed by atoms with E-state index in [1.807, 2.05) is 0 Å². The Kier molecular flexibility index (Phi) is 4.25. The number of carbonyl (C=O) groups excluding carboxylic acids is 1. The first kappa shape index (κ1) is 13.0. The van der Waals surface area contributed by atoms with Gasteiger partial charge < -0.3 is 10.6 Å². The molecule has 1 heterocycles. The maximum absolute atomic E-state index is 13.4. The summed E-state index contributed by atoms with van der Waals surface area (Å²) < 4.78 is 26.4. The van der Waals surface area contributed by atoms with Crippen LogP contribution in [0.25, 0.3) is 0 Å². The highest BCUT2D eigenvalue weighted by Gasteiger charge is 2.18. The summed E-state index contributed by atoms with van der Waals surface area (Å²) in [4.78, 5) is 11.9. The summed E-state index contributed by atoms with van der Waals surface area (Å²) in [6, 6.07) is 2.87. The molecule has 1 aromatic rings. The average molecular weight is 254 g/mol. The van der Waals surface area contributed by atoms with Gasteiger partial charge in [0, 0.05) is 12.6 Å². The van der Waals surface area contributed by atoms with E-state index < -0.39 is 17.5 Å². The molecule has 0 radical (unpaired) electrons. The van der Waals surface area contributed by atoms with Gasteiger partial charge in [-0.1, -0.05) is 6.42 Å². The molecule has 2 N–H and O–H groups in total. The van der Waals surface area contributed by atoms with Crippen molar-refractivity contribution in [2.45, 2.75) is 25.3 Å². The molecule has 1 amide bonds. The van der Waals surface area contributed by atoms with Crippen LogP contribution < -0.4 is 10.6 Å². The van der Waals surface area contributed by atoms with E-state index in [2.05, 4.69) is 10.6 Å². The van der Waals surface area contributed by atoms with Crippen LogP contribution in [0.15, 0.2) is 18.2 Å². The van der Waals surface area contributed by atoms with Crippen molar-refractivity contribution in [3.63, 3.8) is 0 Å². The highest BCUT2D eigenvalue weighted by molar-refractivity contribution is 5.94. The van der Waals surface area contributed by atoms with Gasteiger partial charge in [-0.05, 0) is 37.6 Å². The Balaban J connectivity index is 2.04. The lowest BCUT2D eigenvalue weighted by atomic mass is 10.1. The van der Waals surface area contributed by atoms with Crippen molar-refractivity contribution in [2.24, 2.45) is 0 Å². The molecule has 2 rings (SSSR count). The van der Waals surface area contributed by atoms with Crippen molar-refractivity contribution in [3.8, 4) is 0 Å². The van der Waals surface area contributed by atoms with E-state index in [4.69, 9.17) is 0 Å². The van der Waals surface area contributed by atoms with E-state index in [1.54, 1.807) is 0 Å². The first-order valence-corrected chi connectivity index (χ1v) is 6.13. The van der Waals surface area contributed by atoms with Crippen LogP contribution in [0.5, 0.6) is 0 Å². The third kappa shape index (κ3) is 3.26. The maximum Gasteiger partial charge on any atom is 0.254 e. The summed E-state index contributed by atoms with van der Waals surface area (Å²) in [5.41, 5.74) is -0.237. The zero-order chi connectivity index (χ0) is 13.0. The monoisotopic (exact) mass is 254 g/mol. The van der Waals surface area contributed by atoms with E-state index in [0.717, 1.165) is 44.0 Å². The number of rotatable bonds is 2. The van der Waals surface area contributed by atoms with E-state index in [-0.39, 0.29) is 11.6 Å². The molecule has 1 aliphatic rings. The van der Waals surface area contributed by atoms with Gasteiger partial charge >= 0.3 is 0 Å². The highest BCUT2D eigenvalue weighted by atomic mass is 19.1. The maximum atomic E-state index is 13.4. The van der Waals surface area contributed by atoms with Crippen LogP contribution >= 0.6 is 0 Å². The topological polar surface area (TPSA) is 41.1 Å². The summed E-state index contributed by atoms with van der Waals surface area (Å²) in [5.74, 6) is -1.86. The predicted molar refractivity (Wildman–Crippen MR) is 64.3 cm³/mol. The van der Waals surface area contributed by atoms with Gasteiger partial charge in [-0.25, -0.2) is 8.78 Å². The van der Waals surface area contributed by atoms with Gasteiger partial charge in [-0.3, -0.25) is 4.79 Å². The molecule has 1 saturated heterocycles. The number of halogens is 2. The van der Waals surface area contributed by atoms with Crippen LogP contribution in [-0.2, 0) is 0 Å². The summed E-state index contributed by atoms with van der Waals surface area (Å²) in [6.45, 7) is 1.60. The van der Waals surface area contributed by atoms with Gasteiger partial charge in [0.1, 0.15) is 11.6 Å². The zero-order valence-corrected chi connectivity index (χ0v) is 10.0. The van der Waals surface area contributed by atoms with Crippen molar-refractivity contribution in [3.05, 3.63) is 35.4 Å². The fourth-order valence-electron chi connectivity index (χ4n) is 2.08. The van der Waals surface area contributed by atoms with Crippen molar-refractivity contribution >= 4 is 5.91 Å². The molecule has 1 aromatic carbocycles. The van der Waals surface area contributed by atoms with E-state index in [1.165, 1.54) is 0 Å². The van der Waals surface area contributed by atoms with E-state index >= 15 is 0 Å². The van der Waals surface area contributed by atoms with Crippen LogP contribution in [0.3, 0.4) is 0 Å². The number of carbonyl (C=O) groups is 1. The zero-order valence-electron chi connectivity index (χ0n) is 10.0. The van der Waals surface area contributed by atoms with Crippen LogP contribution in [-0.4, -0.2) is 25.0 Å². The third-order valence-corrected chi connectivity index (χ3v) is 3.06. The predicted octanol–water partition coefficient (Wildman–Crippen LogP) is 1.84. The molecule has 18 heavy (non-hydrogen) atoms. The highest BCUT2D eigenvalue weighted by Crippen LogP contribution is 2.11. The third-order valence-electron chi connectivity index (χ3n) is 3.06.